The average Bonchev–Trinajstić information content (AvgIpc) is 2.39. The van der Waals surface area contributed by atoms with Crippen LogP contribution in [0.2, 0.25) is 0 Å². The van der Waals surface area contributed by atoms with Crippen LogP contribution in [0.1, 0.15) is 22.8 Å². The predicted molar refractivity (Wildman–Crippen MR) is 74.7 cm³/mol. The number of carbonyl (C=O) groups is 1. The molecule has 4 heteroatoms. The highest BCUT2D eigenvalue weighted by molar-refractivity contribution is 5.95. The van der Waals surface area contributed by atoms with Gasteiger partial charge in [0.15, 0.2) is 0 Å². The molecule has 0 atom stereocenters. The van der Waals surface area contributed by atoms with Gasteiger partial charge in [-0.05, 0) is 43.7 Å². The molecule has 0 saturated carbocycles. The number of hydrogen-bond donors (Lipinski definition) is 1. The van der Waals surface area contributed by atoms with Gasteiger partial charge in [0.25, 0.3) is 0 Å². The number of esters is 1. The van der Waals surface area contributed by atoms with Crippen LogP contribution in [0, 0.1) is 6.92 Å². The van der Waals surface area contributed by atoms with Crippen LogP contribution in [-0.4, -0.2) is 17.6 Å². The smallest absolute Gasteiger partial charge is 0.341 e. The number of rotatable bonds is 4. The maximum atomic E-state index is 11.8. The number of anilines is 2. The Hall–Kier alpha value is -2.36. The number of hydrogen-bond acceptors (Lipinski definition) is 4. The fourth-order valence-electron chi connectivity index (χ4n) is 1.74. The second-order valence-electron chi connectivity index (χ2n) is 4.11. The molecule has 2 aromatic rings. The maximum Gasteiger partial charge on any atom is 0.341 e. The Kier molecular flexibility index (Phi) is 4.13. The third-order valence-corrected chi connectivity index (χ3v) is 2.58. The van der Waals surface area contributed by atoms with Gasteiger partial charge >= 0.3 is 5.97 Å². The van der Waals surface area contributed by atoms with Gasteiger partial charge in [-0.25, -0.2) is 9.78 Å². The second kappa shape index (κ2) is 6.00. The average molecular weight is 256 g/mol. The summed E-state index contributed by atoms with van der Waals surface area (Å²) in [6.45, 7) is 4.13. The fourth-order valence-corrected chi connectivity index (χ4v) is 1.74. The number of aromatic nitrogens is 1. The molecule has 1 aromatic heterocycles. The third kappa shape index (κ3) is 3.31. The highest BCUT2D eigenvalue weighted by Crippen LogP contribution is 2.19. The van der Waals surface area contributed by atoms with Gasteiger partial charge < -0.3 is 10.1 Å². The first-order valence-corrected chi connectivity index (χ1v) is 6.16. The zero-order valence-electron chi connectivity index (χ0n) is 11.0. The minimum absolute atomic E-state index is 0.345. The molecule has 0 aliphatic heterocycles. The maximum absolute atomic E-state index is 11.8. The van der Waals surface area contributed by atoms with Gasteiger partial charge in [0.2, 0.25) is 0 Å². The van der Waals surface area contributed by atoms with Gasteiger partial charge in [0.1, 0.15) is 11.4 Å². The quantitative estimate of drug-likeness (QED) is 0.853. The Balaban J connectivity index is 2.27. The summed E-state index contributed by atoms with van der Waals surface area (Å²) >= 11 is 0. The van der Waals surface area contributed by atoms with E-state index < -0.39 is 0 Å². The second-order valence-corrected chi connectivity index (χ2v) is 4.11. The molecular weight excluding hydrogens is 240 g/mol. The van der Waals surface area contributed by atoms with E-state index in [4.69, 9.17) is 4.74 Å². The minimum atomic E-state index is -0.370. The van der Waals surface area contributed by atoms with Crippen molar-refractivity contribution in [2.24, 2.45) is 0 Å². The van der Waals surface area contributed by atoms with E-state index >= 15 is 0 Å². The van der Waals surface area contributed by atoms with Crippen LogP contribution in [0.5, 0.6) is 0 Å². The lowest BCUT2D eigenvalue weighted by molar-refractivity contribution is 0.0527. The van der Waals surface area contributed by atoms with Crippen molar-refractivity contribution in [3.8, 4) is 0 Å². The van der Waals surface area contributed by atoms with Crippen LogP contribution in [0.3, 0.4) is 0 Å². The summed E-state index contributed by atoms with van der Waals surface area (Å²) in [4.78, 5) is 16.0. The van der Waals surface area contributed by atoms with Crippen LogP contribution < -0.4 is 5.32 Å². The highest BCUT2D eigenvalue weighted by Gasteiger charge is 2.13. The van der Waals surface area contributed by atoms with Gasteiger partial charge in [-0.2, -0.15) is 0 Å². The molecule has 0 unspecified atom stereocenters. The summed E-state index contributed by atoms with van der Waals surface area (Å²) in [7, 11) is 0. The highest BCUT2D eigenvalue weighted by atomic mass is 16.5. The first kappa shape index (κ1) is 13.1. The number of aryl methyl sites for hydroxylation is 1. The van der Waals surface area contributed by atoms with E-state index in [2.05, 4.69) is 10.3 Å². The minimum Gasteiger partial charge on any atom is -0.462 e. The SMILES string of the molecule is CCOC(=O)c1cccnc1Nc1cccc(C)c1. The van der Waals surface area contributed by atoms with E-state index in [0.29, 0.717) is 18.0 Å². The van der Waals surface area contributed by atoms with Crippen LogP contribution in [0.25, 0.3) is 0 Å². The molecule has 0 amide bonds. The Labute approximate surface area is 112 Å². The molecule has 0 aliphatic rings. The van der Waals surface area contributed by atoms with Crippen molar-refractivity contribution in [1.29, 1.82) is 0 Å². The summed E-state index contributed by atoms with van der Waals surface area (Å²) in [5.41, 5.74) is 2.47. The summed E-state index contributed by atoms with van der Waals surface area (Å²) in [5.74, 6) is 0.136. The molecule has 4 nitrogen and oxygen atoms in total. The molecule has 19 heavy (non-hydrogen) atoms. The molecule has 1 heterocycles. The number of nitrogens with one attached hydrogen (secondary N) is 1. The van der Waals surface area contributed by atoms with E-state index in [1.165, 1.54) is 0 Å². The zero-order chi connectivity index (χ0) is 13.7. The molecule has 0 bridgehead atoms. The first-order chi connectivity index (χ1) is 9.20. The van der Waals surface area contributed by atoms with E-state index in [1.54, 1.807) is 25.3 Å². The van der Waals surface area contributed by atoms with E-state index in [9.17, 15) is 4.79 Å². The molecule has 98 valence electrons. The molecule has 0 radical (unpaired) electrons. The fraction of sp³-hybridized carbons (Fsp3) is 0.200. The Morgan fingerprint density at radius 3 is 2.89 bits per heavy atom. The normalized spacial score (nSPS) is 10.0. The van der Waals surface area contributed by atoms with Crippen LogP contribution >= 0.6 is 0 Å². The lowest BCUT2D eigenvalue weighted by Gasteiger charge is -2.10. The van der Waals surface area contributed by atoms with Gasteiger partial charge in [-0.15, -0.1) is 0 Å². The van der Waals surface area contributed by atoms with Crippen molar-refractivity contribution < 1.29 is 9.53 Å². The molecule has 0 saturated heterocycles. The first-order valence-electron chi connectivity index (χ1n) is 6.16. The summed E-state index contributed by atoms with van der Waals surface area (Å²) in [6.07, 6.45) is 1.64. The summed E-state index contributed by atoms with van der Waals surface area (Å²) < 4.78 is 5.01. The molecule has 1 N–H and O–H groups in total. The standard InChI is InChI=1S/C15H16N2O2/c1-3-19-15(18)13-8-5-9-16-14(13)17-12-7-4-6-11(2)10-12/h4-10H,3H2,1-2H3,(H,16,17). The molecule has 0 spiro atoms. The van der Waals surface area contributed by atoms with Crippen molar-refractivity contribution in [1.82, 2.24) is 4.98 Å². The van der Waals surface area contributed by atoms with Crippen molar-refractivity contribution in [3.05, 3.63) is 53.7 Å². The Morgan fingerprint density at radius 1 is 1.32 bits per heavy atom. The van der Waals surface area contributed by atoms with E-state index in [-0.39, 0.29) is 5.97 Å². The van der Waals surface area contributed by atoms with Crippen molar-refractivity contribution >= 4 is 17.5 Å². The summed E-state index contributed by atoms with van der Waals surface area (Å²) in [6, 6.07) is 11.3. The molecular formula is C15H16N2O2. The van der Waals surface area contributed by atoms with Gasteiger partial charge in [-0.3, -0.25) is 0 Å². The lowest BCUT2D eigenvalue weighted by Crippen LogP contribution is -2.09. The monoisotopic (exact) mass is 256 g/mol. The Bertz CT molecular complexity index is 582. The van der Waals surface area contributed by atoms with Gasteiger partial charge in [0, 0.05) is 11.9 Å². The molecule has 1 aromatic carbocycles. The van der Waals surface area contributed by atoms with E-state index in [1.807, 2.05) is 31.2 Å². The van der Waals surface area contributed by atoms with Gasteiger partial charge in [-0.1, -0.05) is 12.1 Å². The molecule has 0 fully saturated rings. The number of nitrogens with zero attached hydrogens (tertiary/aromatic N) is 1. The summed E-state index contributed by atoms with van der Waals surface area (Å²) in [5, 5.41) is 3.14. The largest absolute Gasteiger partial charge is 0.462 e. The molecule has 2 rings (SSSR count). The number of carbonyl (C=O) groups excluding carboxylic acids is 1. The van der Waals surface area contributed by atoms with Crippen LogP contribution in [0.4, 0.5) is 11.5 Å². The number of benzene rings is 1. The lowest BCUT2D eigenvalue weighted by atomic mass is 10.2. The van der Waals surface area contributed by atoms with Crippen LogP contribution in [0.15, 0.2) is 42.6 Å². The van der Waals surface area contributed by atoms with Crippen LogP contribution in [-0.2, 0) is 4.74 Å². The zero-order valence-corrected chi connectivity index (χ0v) is 11.0. The van der Waals surface area contributed by atoms with Crippen molar-refractivity contribution in [2.75, 3.05) is 11.9 Å². The van der Waals surface area contributed by atoms with Crippen molar-refractivity contribution in [3.63, 3.8) is 0 Å². The van der Waals surface area contributed by atoms with Crippen molar-refractivity contribution in [2.45, 2.75) is 13.8 Å². The molecule has 0 aliphatic carbocycles. The Morgan fingerprint density at radius 2 is 2.16 bits per heavy atom. The van der Waals surface area contributed by atoms with Gasteiger partial charge in [0.05, 0.1) is 6.61 Å². The number of pyridine rings is 1. The topological polar surface area (TPSA) is 51.2 Å². The predicted octanol–water partition coefficient (Wildman–Crippen LogP) is 3.31. The number of ether oxygens (including phenoxy) is 1. The third-order valence-electron chi connectivity index (χ3n) is 2.58. The van der Waals surface area contributed by atoms with E-state index in [0.717, 1.165) is 11.3 Å².